The Morgan fingerprint density at radius 2 is 1.85 bits per heavy atom. The fraction of sp³-hybridized carbons (Fsp3) is 0.130. The number of rotatable bonds is 8. The van der Waals surface area contributed by atoms with Gasteiger partial charge in [0, 0.05) is 47.2 Å². The number of pyridine rings is 1. The third kappa shape index (κ3) is 5.77. The van der Waals surface area contributed by atoms with Crippen LogP contribution in [0.25, 0.3) is 11.4 Å². The van der Waals surface area contributed by atoms with Crippen LogP contribution in [0.15, 0.2) is 76.4 Å². The Morgan fingerprint density at radius 1 is 1.09 bits per heavy atom. The first kappa shape index (κ1) is 23.4. The van der Waals surface area contributed by atoms with E-state index in [0.29, 0.717) is 39.2 Å². The van der Waals surface area contributed by atoms with Crippen molar-refractivity contribution < 1.29 is 17.7 Å². The van der Waals surface area contributed by atoms with E-state index in [0.717, 1.165) is 0 Å². The molecule has 0 aliphatic heterocycles. The van der Waals surface area contributed by atoms with Crippen molar-refractivity contribution in [1.82, 2.24) is 15.1 Å². The summed E-state index contributed by atoms with van der Waals surface area (Å²) in [6.45, 7) is 1.68. The molecule has 9 nitrogen and oxygen atoms in total. The molecule has 0 atom stereocenters. The summed E-state index contributed by atoms with van der Waals surface area (Å²) in [5.74, 6) is 0.386. The second kappa shape index (κ2) is 10.0. The van der Waals surface area contributed by atoms with Gasteiger partial charge in [-0.25, -0.2) is 8.42 Å². The fourth-order valence-electron chi connectivity index (χ4n) is 3.11. The van der Waals surface area contributed by atoms with Crippen LogP contribution in [0.4, 0.5) is 11.4 Å². The topological polar surface area (TPSA) is 127 Å². The molecule has 0 saturated heterocycles. The smallest absolute Gasteiger partial charge is 0.262 e. The molecule has 2 aromatic carbocycles. The van der Waals surface area contributed by atoms with E-state index in [-0.39, 0.29) is 23.6 Å². The molecule has 174 valence electrons. The number of hydrogen-bond acceptors (Lipinski definition) is 7. The lowest BCUT2D eigenvalue weighted by Crippen LogP contribution is -2.16. The van der Waals surface area contributed by atoms with Gasteiger partial charge in [0.25, 0.3) is 10.0 Å². The lowest BCUT2D eigenvalue weighted by Gasteiger charge is -2.13. The van der Waals surface area contributed by atoms with Crippen LogP contribution in [0.3, 0.4) is 0 Å². The molecule has 4 aromatic rings. The van der Waals surface area contributed by atoms with E-state index in [1.807, 2.05) is 0 Å². The molecule has 0 bridgehead atoms. The maximum Gasteiger partial charge on any atom is 0.262 e. The highest BCUT2D eigenvalue weighted by molar-refractivity contribution is 7.92. The summed E-state index contributed by atoms with van der Waals surface area (Å²) in [4.78, 5) is 20.8. The SMILES string of the molecule is Cc1ccc(NC(=O)CCc2nc(-c3cccnc3)no2)cc1S(=O)(=O)Nc1ccc(Cl)cc1. The Labute approximate surface area is 201 Å². The number of carbonyl (C=O) groups excluding carboxylic acids is 1. The minimum absolute atomic E-state index is 0.0539. The molecule has 0 radical (unpaired) electrons. The zero-order chi connectivity index (χ0) is 24.1. The highest BCUT2D eigenvalue weighted by Gasteiger charge is 2.19. The van der Waals surface area contributed by atoms with Gasteiger partial charge in [-0.3, -0.25) is 14.5 Å². The molecule has 0 aliphatic rings. The van der Waals surface area contributed by atoms with Crippen molar-refractivity contribution in [2.75, 3.05) is 10.0 Å². The number of halogens is 1. The molecule has 4 rings (SSSR count). The normalized spacial score (nSPS) is 11.2. The van der Waals surface area contributed by atoms with Crippen LogP contribution in [0.2, 0.25) is 5.02 Å². The number of sulfonamides is 1. The molecule has 11 heteroatoms. The zero-order valence-corrected chi connectivity index (χ0v) is 19.6. The largest absolute Gasteiger partial charge is 0.339 e. The Balaban J connectivity index is 1.40. The number of carbonyl (C=O) groups is 1. The van der Waals surface area contributed by atoms with E-state index in [1.54, 1.807) is 67.8 Å². The summed E-state index contributed by atoms with van der Waals surface area (Å²) in [5.41, 5.74) is 1.98. The van der Waals surface area contributed by atoms with E-state index < -0.39 is 10.0 Å². The van der Waals surface area contributed by atoms with Gasteiger partial charge in [0.1, 0.15) is 0 Å². The molecule has 2 N–H and O–H groups in total. The predicted octanol–water partition coefficient (Wildman–Crippen LogP) is 4.47. The quantitative estimate of drug-likeness (QED) is 0.367. The summed E-state index contributed by atoms with van der Waals surface area (Å²) in [6, 6.07) is 14.6. The number of aryl methyl sites for hydroxylation is 2. The summed E-state index contributed by atoms with van der Waals surface area (Å²) in [7, 11) is -3.88. The van der Waals surface area contributed by atoms with Crippen LogP contribution in [-0.4, -0.2) is 29.4 Å². The van der Waals surface area contributed by atoms with E-state index in [2.05, 4.69) is 25.2 Å². The van der Waals surface area contributed by atoms with Gasteiger partial charge in [-0.1, -0.05) is 22.8 Å². The van der Waals surface area contributed by atoms with Crippen molar-refractivity contribution in [3.05, 3.63) is 83.5 Å². The van der Waals surface area contributed by atoms with Gasteiger partial charge in [0.15, 0.2) is 0 Å². The van der Waals surface area contributed by atoms with Crippen molar-refractivity contribution in [1.29, 1.82) is 0 Å². The summed E-state index contributed by atoms with van der Waals surface area (Å²) >= 11 is 5.86. The van der Waals surface area contributed by atoms with Crippen LogP contribution >= 0.6 is 11.6 Å². The third-order valence-corrected chi connectivity index (χ3v) is 6.59. The number of nitrogens with zero attached hydrogens (tertiary/aromatic N) is 3. The Morgan fingerprint density at radius 3 is 2.59 bits per heavy atom. The number of nitrogens with one attached hydrogen (secondary N) is 2. The summed E-state index contributed by atoms with van der Waals surface area (Å²) in [6.07, 6.45) is 3.57. The van der Waals surface area contributed by atoms with Gasteiger partial charge in [-0.15, -0.1) is 0 Å². The molecular formula is C23H20ClN5O4S. The van der Waals surface area contributed by atoms with Gasteiger partial charge in [-0.2, -0.15) is 4.98 Å². The van der Waals surface area contributed by atoms with Gasteiger partial charge in [0.2, 0.25) is 17.6 Å². The number of aromatic nitrogens is 3. The first-order valence-electron chi connectivity index (χ1n) is 10.2. The molecule has 34 heavy (non-hydrogen) atoms. The first-order chi connectivity index (χ1) is 16.3. The maximum atomic E-state index is 12.9. The van der Waals surface area contributed by atoms with Crippen molar-refractivity contribution in [3.8, 4) is 11.4 Å². The molecule has 0 fully saturated rings. The Hall–Kier alpha value is -3.76. The van der Waals surface area contributed by atoms with Crippen LogP contribution in [0.5, 0.6) is 0 Å². The molecule has 0 unspecified atom stereocenters. The fourth-order valence-corrected chi connectivity index (χ4v) is 4.56. The van der Waals surface area contributed by atoms with Gasteiger partial charge in [0.05, 0.1) is 4.90 Å². The molecule has 0 aliphatic carbocycles. The Kier molecular flexibility index (Phi) is 6.90. The number of hydrogen-bond donors (Lipinski definition) is 2. The van der Waals surface area contributed by atoms with Gasteiger partial charge >= 0.3 is 0 Å². The molecule has 0 saturated carbocycles. The standard InChI is InChI=1S/C23H20ClN5O4S/c1-15-4-7-19(13-20(15)34(31,32)29-18-8-5-17(24)6-9-18)26-21(30)10-11-22-27-23(28-33-22)16-3-2-12-25-14-16/h2-9,12-14,29H,10-11H2,1H3,(H,26,30). The van der Waals surface area contributed by atoms with Crippen LogP contribution in [0.1, 0.15) is 17.9 Å². The average molecular weight is 498 g/mol. The van der Waals surface area contributed by atoms with E-state index in [9.17, 15) is 13.2 Å². The zero-order valence-electron chi connectivity index (χ0n) is 18.0. The highest BCUT2D eigenvalue weighted by Crippen LogP contribution is 2.24. The lowest BCUT2D eigenvalue weighted by atomic mass is 10.2. The van der Waals surface area contributed by atoms with Crippen LogP contribution in [0, 0.1) is 6.92 Å². The molecule has 2 aromatic heterocycles. The monoisotopic (exact) mass is 497 g/mol. The lowest BCUT2D eigenvalue weighted by molar-refractivity contribution is -0.116. The number of benzene rings is 2. The molecule has 2 heterocycles. The van der Waals surface area contributed by atoms with Crippen molar-refractivity contribution in [3.63, 3.8) is 0 Å². The predicted molar refractivity (Wildman–Crippen MR) is 128 cm³/mol. The second-order valence-electron chi connectivity index (χ2n) is 7.39. The molecule has 1 amide bonds. The van der Waals surface area contributed by atoms with Crippen LogP contribution < -0.4 is 10.0 Å². The Bertz CT molecular complexity index is 1410. The summed E-state index contributed by atoms with van der Waals surface area (Å²) < 4.78 is 33.5. The average Bonchev–Trinajstić information content (AvgIpc) is 3.30. The first-order valence-corrected chi connectivity index (χ1v) is 12.1. The van der Waals surface area contributed by atoms with Crippen molar-refractivity contribution in [2.45, 2.75) is 24.7 Å². The van der Waals surface area contributed by atoms with Crippen molar-refractivity contribution >= 4 is 38.9 Å². The minimum Gasteiger partial charge on any atom is -0.339 e. The van der Waals surface area contributed by atoms with E-state index in [4.69, 9.17) is 16.1 Å². The van der Waals surface area contributed by atoms with E-state index in [1.165, 1.54) is 6.07 Å². The van der Waals surface area contributed by atoms with Crippen molar-refractivity contribution in [2.24, 2.45) is 0 Å². The summed E-state index contributed by atoms with van der Waals surface area (Å²) in [5, 5.41) is 7.11. The van der Waals surface area contributed by atoms with Gasteiger partial charge in [-0.05, 0) is 61.0 Å². The molecular weight excluding hydrogens is 478 g/mol. The molecule has 0 spiro atoms. The number of amides is 1. The number of anilines is 2. The highest BCUT2D eigenvalue weighted by atomic mass is 35.5. The maximum absolute atomic E-state index is 12.9. The second-order valence-corrected chi connectivity index (χ2v) is 9.48. The van der Waals surface area contributed by atoms with E-state index >= 15 is 0 Å². The van der Waals surface area contributed by atoms with Crippen LogP contribution in [-0.2, 0) is 21.2 Å². The third-order valence-electron chi connectivity index (χ3n) is 4.81. The van der Waals surface area contributed by atoms with Gasteiger partial charge < -0.3 is 9.84 Å². The minimum atomic E-state index is -3.88.